The van der Waals surface area contributed by atoms with Gasteiger partial charge in [-0.3, -0.25) is 43.7 Å². The maximum Gasteiger partial charge on any atom is 0.265 e. The third-order valence-corrected chi connectivity index (χ3v) is 22.3. The van der Waals surface area contributed by atoms with Gasteiger partial charge in [0.2, 0.25) is 0 Å². The second-order valence-electron chi connectivity index (χ2n) is 28.7. The minimum absolute atomic E-state index is 0.302. The number of anilines is 3. The van der Waals surface area contributed by atoms with Crippen molar-refractivity contribution < 1.29 is 28.8 Å². The van der Waals surface area contributed by atoms with Crippen molar-refractivity contribution in [2.45, 2.75) is 0 Å². The number of hydrogen-bond donors (Lipinski definition) is 0. The second kappa shape index (κ2) is 28.3. The molecule has 19 aromatic rings. The lowest BCUT2D eigenvalue weighted by molar-refractivity contribution is 0.0877. The first-order valence-corrected chi connectivity index (χ1v) is 37.8. The molecule has 22 rings (SSSR count). The Kier molecular flexibility index (Phi) is 16.8. The van der Waals surface area contributed by atoms with Crippen LogP contribution in [0.4, 0.5) is 17.1 Å². The molecule has 0 saturated carbocycles. The van der Waals surface area contributed by atoms with Gasteiger partial charge >= 0.3 is 0 Å². The standard InChI is InChI=1S/C37H22N2O2.2C33H20N2O2/c40-36-32-13-7-12-31-29(28-17-19-30(34-14-5-6-21-38-34)27-11-4-3-10-26(27)28)18-20-33(35(31)32)37(41)39(36)25-16-15-23-8-1-2-9-24(23)22-25;36-32-29-9-3-8-28-27(23-12-10-22(11-13-23)25-7-4-18-34-20-25)16-17-30(31(28)29)33(37)35(32)26-15-14-21-5-1-2-6-24(21)19-26;36-32-29-7-3-6-28-27(24-10-8-22(9-11-24)23-16-18-34-19-17-23)14-15-30(31(28)29)33(37)35(32)26-13-12-21-4-1-2-5-25(21)20-26/h1-22H;2*1-20H. The zero-order valence-electron chi connectivity index (χ0n) is 61.4. The number of imide groups is 3. The van der Waals surface area contributed by atoms with E-state index in [2.05, 4.69) is 87.7 Å². The molecule has 0 atom stereocenters. The number of nitrogens with zero attached hydrogens (tertiary/aromatic N) is 6. The Hall–Kier alpha value is -15.8. The Bertz CT molecular complexity index is 6950. The molecule has 0 bridgehead atoms. The minimum Gasteiger partial charge on any atom is -0.268 e. The summed E-state index contributed by atoms with van der Waals surface area (Å²) in [5.41, 5.74) is 17.3. The molecule has 540 valence electrons. The molecule has 12 heteroatoms. The van der Waals surface area contributed by atoms with E-state index < -0.39 is 0 Å². The number of fused-ring (bicyclic) bond motifs is 4. The Morgan fingerprint density at radius 2 is 0.522 bits per heavy atom. The van der Waals surface area contributed by atoms with E-state index in [-0.39, 0.29) is 35.4 Å². The molecule has 0 N–H and O–H groups in total. The van der Waals surface area contributed by atoms with Gasteiger partial charge in [0.25, 0.3) is 35.4 Å². The first kappa shape index (κ1) is 68.5. The van der Waals surface area contributed by atoms with Gasteiger partial charge < -0.3 is 0 Å². The Morgan fingerprint density at radius 1 is 0.191 bits per heavy atom. The van der Waals surface area contributed by atoms with E-state index in [0.29, 0.717) is 66.6 Å². The van der Waals surface area contributed by atoms with Gasteiger partial charge in [-0.15, -0.1) is 0 Å². The molecule has 6 amide bonds. The van der Waals surface area contributed by atoms with Crippen LogP contribution < -0.4 is 14.7 Å². The van der Waals surface area contributed by atoms with Gasteiger partial charge in [-0.2, -0.15) is 0 Å². The molecule has 0 unspecified atom stereocenters. The highest BCUT2D eigenvalue weighted by Gasteiger charge is 2.38. The average Bonchev–Trinajstić information content (AvgIpc) is 0.736. The highest BCUT2D eigenvalue weighted by molar-refractivity contribution is 6.39. The summed E-state index contributed by atoms with van der Waals surface area (Å²) in [5.74, 6) is -1.83. The van der Waals surface area contributed by atoms with Crippen molar-refractivity contribution in [3.05, 3.63) is 410 Å². The van der Waals surface area contributed by atoms with E-state index in [9.17, 15) is 28.8 Å². The van der Waals surface area contributed by atoms with Gasteiger partial charge in [-0.25, -0.2) is 14.7 Å². The number of aromatic nitrogens is 3. The van der Waals surface area contributed by atoms with E-state index in [0.717, 1.165) is 126 Å². The van der Waals surface area contributed by atoms with Crippen LogP contribution in [0, 0.1) is 0 Å². The number of carbonyl (C=O) groups is 6. The van der Waals surface area contributed by atoms with Crippen LogP contribution in [0.15, 0.2) is 377 Å². The molecule has 3 aliphatic heterocycles. The fourth-order valence-corrected chi connectivity index (χ4v) is 16.7. The van der Waals surface area contributed by atoms with Crippen LogP contribution in [0.5, 0.6) is 0 Å². The van der Waals surface area contributed by atoms with Crippen molar-refractivity contribution in [2.75, 3.05) is 14.7 Å². The first-order valence-electron chi connectivity index (χ1n) is 37.8. The van der Waals surface area contributed by atoms with Gasteiger partial charge in [-0.1, -0.05) is 243 Å². The molecule has 16 aromatic carbocycles. The number of amides is 6. The average molecular weight is 1480 g/mol. The Labute approximate surface area is 659 Å². The van der Waals surface area contributed by atoms with Crippen molar-refractivity contribution in [3.63, 3.8) is 0 Å². The lowest BCUT2D eigenvalue weighted by Gasteiger charge is -2.28. The number of pyridine rings is 3. The van der Waals surface area contributed by atoms with Crippen LogP contribution in [0.1, 0.15) is 62.1 Å². The highest BCUT2D eigenvalue weighted by Crippen LogP contribution is 2.45. The molecule has 6 heterocycles. The summed E-state index contributed by atoms with van der Waals surface area (Å²) in [6.07, 6.45) is 8.97. The summed E-state index contributed by atoms with van der Waals surface area (Å²) < 4.78 is 0. The molecule has 12 nitrogen and oxygen atoms in total. The summed E-state index contributed by atoms with van der Waals surface area (Å²) in [6, 6.07) is 112. The van der Waals surface area contributed by atoms with Crippen molar-refractivity contribution in [1.29, 1.82) is 0 Å². The summed E-state index contributed by atoms with van der Waals surface area (Å²) in [5, 5.41) is 13.1. The normalized spacial score (nSPS) is 12.9. The first-order chi connectivity index (χ1) is 56.6. The van der Waals surface area contributed by atoms with Gasteiger partial charge in [0, 0.05) is 86.1 Å². The summed E-state index contributed by atoms with van der Waals surface area (Å²) in [7, 11) is 0. The molecule has 0 aliphatic carbocycles. The molecule has 115 heavy (non-hydrogen) atoms. The Balaban J connectivity index is 0.000000112. The van der Waals surface area contributed by atoms with E-state index in [1.54, 1.807) is 24.8 Å². The third-order valence-electron chi connectivity index (χ3n) is 22.3. The molecule has 3 aromatic heterocycles. The smallest absolute Gasteiger partial charge is 0.265 e. The van der Waals surface area contributed by atoms with Crippen molar-refractivity contribution in [3.8, 4) is 66.9 Å². The zero-order valence-corrected chi connectivity index (χ0v) is 61.4. The monoisotopic (exact) mass is 1480 g/mol. The quantitative estimate of drug-likeness (QED) is 0.129. The van der Waals surface area contributed by atoms with E-state index >= 15 is 0 Å². The predicted octanol–water partition coefficient (Wildman–Crippen LogP) is 23.7. The highest BCUT2D eigenvalue weighted by atomic mass is 16.2. The molecule has 0 spiro atoms. The van der Waals surface area contributed by atoms with Gasteiger partial charge in [0.1, 0.15) is 0 Å². The maximum absolute atomic E-state index is 13.9. The van der Waals surface area contributed by atoms with Crippen LogP contribution in [0.3, 0.4) is 0 Å². The second-order valence-corrected chi connectivity index (χ2v) is 28.7. The number of rotatable bonds is 9. The number of benzene rings is 16. The Morgan fingerprint density at radius 3 is 0.939 bits per heavy atom. The molecule has 0 fully saturated rings. The van der Waals surface area contributed by atoms with E-state index in [1.165, 1.54) is 14.7 Å². The van der Waals surface area contributed by atoms with Crippen molar-refractivity contribution in [1.82, 2.24) is 15.0 Å². The van der Waals surface area contributed by atoms with Crippen LogP contribution in [0.2, 0.25) is 0 Å². The lowest BCUT2D eigenvalue weighted by Crippen LogP contribution is -2.40. The fourth-order valence-electron chi connectivity index (χ4n) is 16.7. The molecule has 0 radical (unpaired) electrons. The van der Waals surface area contributed by atoms with Gasteiger partial charge in [-0.05, 0) is 218 Å². The topological polar surface area (TPSA) is 151 Å². The molecule has 3 aliphatic rings. The third kappa shape index (κ3) is 11.8. The SMILES string of the molecule is O=C1c2cccc3c(-c4ccc(-c5ccccn5)c5ccccc45)ccc(c23)C(=O)N1c1ccc2ccccc2c1.O=C1c2cccc3c(-c4ccc(-c5cccnc5)cc4)ccc(c23)C(=O)N1c1ccc2ccccc2c1.O=C1c2cccc3c(-c4ccc(-c5ccncc5)cc4)ccc(c23)C(=O)N1c1ccc2ccccc2c1. The summed E-state index contributed by atoms with van der Waals surface area (Å²) in [4.78, 5) is 99.4. The molecular formula is C103H62N6O6. The van der Waals surface area contributed by atoms with Gasteiger partial charge in [0.05, 0.1) is 22.8 Å². The predicted molar refractivity (Wildman–Crippen MR) is 461 cm³/mol. The molecule has 0 saturated heterocycles. The largest absolute Gasteiger partial charge is 0.268 e. The van der Waals surface area contributed by atoms with E-state index in [1.807, 2.05) is 279 Å². The number of carbonyl (C=O) groups excluding carboxylic acids is 6. The lowest BCUT2D eigenvalue weighted by atomic mass is 9.86. The van der Waals surface area contributed by atoms with Gasteiger partial charge in [0.15, 0.2) is 0 Å². The van der Waals surface area contributed by atoms with E-state index in [4.69, 9.17) is 0 Å². The fraction of sp³-hybridized carbons (Fsp3) is 0. The minimum atomic E-state index is -0.309. The summed E-state index contributed by atoms with van der Waals surface area (Å²) in [6.45, 7) is 0. The number of hydrogen-bond acceptors (Lipinski definition) is 9. The van der Waals surface area contributed by atoms with Crippen LogP contribution in [-0.4, -0.2) is 50.4 Å². The van der Waals surface area contributed by atoms with Crippen LogP contribution >= 0.6 is 0 Å². The van der Waals surface area contributed by atoms with Crippen molar-refractivity contribution in [2.24, 2.45) is 0 Å². The maximum atomic E-state index is 13.9. The molecular weight excluding hydrogens is 1420 g/mol. The zero-order chi connectivity index (χ0) is 77.4. The van der Waals surface area contributed by atoms with Crippen molar-refractivity contribution >= 4 is 128 Å². The van der Waals surface area contributed by atoms with Crippen LogP contribution in [0.25, 0.3) is 142 Å². The summed E-state index contributed by atoms with van der Waals surface area (Å²) >= 11 is 0. The van der Waals surface area contributed by atoms with Crippen LogP contribution in [-0.2, 0) is 0 Å².